The van der Waals surface area contributed by atoms with Gasteiger partial charge in [0.05, 0.1) is 12.2 Å². The van der Waals surface area contributed by atoms with E-state index in [0.717, 1.165) is 48.8 Å². The van der Waals surface area contributed by atoms with Crippen molar-refractivity contribution in [1.82, 2.24) is 14.8 Å². The van der Waals surface area contributed by atoms with E-state index in [9.17, 15) is 9.59 Å². The molecule has 1 aliphatic heterocycles. The van der Waals surface area contributed by atoms with Crippen LogP contribution < -0.4 is 11.1 Å². The van der Waals surface area contributed by atoms with Gasteiger partial charge in [0, 0.05) is 29.5 Å². The number of carbonyl (C=O) groups is 1. The van der Waals surface area contributed by atoms with Crippen LogP contribution in [-0.4, -0.2) is 34.5 Å². The Morgan fingerprint density at radius 2 is 2.00 bits per heavy atom. The van der Waals surface area contributed by atoms with Gasteiger partial charge in [-0.25, -0.2) is 4.79 Å². The summed E-state index contributed by atoms with van der Waals surface area (Å²) in [5.74, 6) is 0.154. The average molecular weight is 394 g/mol. The molecule has 1 N–H and O–H groups in total. The van der Waals surface area contributed by atoms with Crippen LogP contribution in [-0.2, 0) is 11.5 Å². The highest BCUT2D eigenvalue weighted by molar-refractivity contribution is 9.10. The van der Waals surface area contributed by atoms with Crippen molar-refractivity contribution in [3.05, 3.63) is 33.2 Å². The highest BCUT2D eigenvalue weighted by Crippen LogP contribution is 2.29. The Hall–Kier alpha value is -1.60. The van der Waals surface area contributed by atoms with Crippen LogP contribution in [0.2, 0.25) is 0 Å². The van der Waals surface area contributed by atoms with Crippen molar-refractivity contribution in [3.63, 3.8) is 0 Å². The number of oxazole rings is 1. The van der Waals surface area contributed by atoms with Gasteiger partial charge in [-0.05, 0) is 43.9 Å². The van der Waals surface area contributed by atoms with Crippen LogP contribution in [0.15, 0.2) is 31.9 Å². The molecule has 0 spiro atoms. The van der Waals surface area contributed by atoms with E-state index in [1.54, 1.807) is 4.57 Å². The van der Waals surface area contributed by atoms with Gasteiger partial charge in [0.2, 0.25) is 5.91 Å². The number of fused-ring (bicyclic) bond motifs is 1. The first-order valence-corrected chi connectivity index (χ1v) is 9.21. The first kappa shape index (κ1) is 15.9. The number of carbonyl (C=O) groups excluding carboxylic acids is 1. The first-order chi connectivity index (χ1) is 11.6. The van der Waals surface area contributed by atoms with Crippen LogP contribution in [0.5, 0.6) is 0 Å². The molecule has 7 heteroatoms. The van der Waals surface area contributed by atoms with Crippen LogP contribution in [0.4, 0.5) is 0 Å². The lowest BCUT2D eigenvalue weighted by atomic mass is 10.1. The number of nitrogens with zero attached hydrogens (tertiary/aromatic N) is 2. The molecule has 2 heterocycles. The number of likely N-dealkylation sites (tertiary alicyclic amines) is 1. The van der Waals surface area contributed by atoms with E-state index in [0.29, 0.717) is 12.3 Å². The number of halogens is 1. The fourth-order valence-corrected chi connectivity index (χ4v) is 3.60. The molecule has 1 saturated carbocycles. The van der Waals surface area contributed by atoms with Gasteiger partial charge in [0.1, 0.15) is 0 Å². The molecule has 0 bridgehead atoms. The van der Waals surface area contributed by atoms with Crippen molar-refractivity contribution in [1.29, 1.82) is 0 Å². The van der Waals surface area contributed by atoms with E-state index in [4.69, 9.17) is 4.42 Å². The normalized spacial score (nSPS) is 19.7. The number of piperidine rings is 1. The molecule has 24 heavy (non-hydrogen) atoms. The third kappa shape index (κ3) is 3.28. The highest BCUT2D eigenvalue weighted by atomic mass is 79.9. The second-order valence-electron chi connectivity index (χ2n) is 6.72. The summed E-state index contributed by atoms with van der Waals surface area (Å²) >= 11 is 3.39. The van der Waals surface area contributed by atoms with Gasteiger partial charge < -0.3 is 9.73 Å². The Morgan fingerprint density at radius 1 is 1.25 bits per heavy atom. The molecule has 128 valence electrons. The van der Waals surface area contributed by atoms with Crippen LogP contribution in [0.25, 0.3) is 11.1 Å². The molecule has 4 rings (SSSR count). The topological polar surface area (TPSA) is 67.5 Å². The average Bonchev–Trinajstić information content (AvgIpc) is 3.36. The summed E-state index contributed by atoms with van der Waals surface area (Å²) in [6, 6.07) is 5.89. The third-order valence-electron chi connectivity index (χ3n) is 4.85. The molecule has 0 radical (unpaired) electrons. The molecule has 1 amide bonds. The van der Waals surface area contributed by atoms with Crippen molar-refractivity contribution in [2.24, 2.45) is 5.92 Å². The molecule has 1 aliphatic carbocycles. The molecule has 2 fully saturated rings. The minimum absolute atomic E-state index is 0.219. The maximum absolute atomic E-state index is 12.1. The second-order valence-corrected chi connectivity index (χ2v) is 7.64. The number of nitrogens with one attached hydrogen (secondary N) is 1. The van der Waals surface area contributed by atoms with Crippen LogP contribution in [0.1, 0.15) is 25.7 Å². The van der Waals surface area contributed by atoms with Crippen molar-refractivity contribution in [2.75, 3.05) is 13.1 Å². The molecular weight excluding hydrogens is 374 g/mol. The number of hydrogen-bond donors (Lipinski definition) is 1. The van der Waals surface area contributed by atoms with Gasteiger partial charge in [0.25, 0.3) is 0 Å². The maximum atomic E-state index is 12.1. The predicted molar refractivity (Wildman–Crippen MR) is 93.6 cm³/mol. The number of rotatable bonds is 4. The molecule has 1 aromatic heterocycles. The van der Waals surface area contributed by atoms with E-state index in [2.05, 4.69) is 26.1 Å². The molecule has 0 atom stereocenters. The lowest BCUT2D eigenvalue weighted by Gasteiger charge is -2.32. The largest absolute Gasteiger partial charge is 0.421 e. The summed E-state index contributed by atoms with van der Waals surface area (Å²) in [4.78, 5) is 26.2. The molecule has 2 aliphatic rings. The summed E-state index contributed by atoms with van der Waals surface area (Å²) in [5.41, 5.74) is 1.41. The van der Waals surface area contributed by atoms with E-state index >= 15 is 0 Å². The Balaban J connectivity index is 1.39. The van der Waals surface area contributed by atoms with Crippen LogP contribution >= 0.6 is 15.9 Å². The van der Waals surface area contributed by atoms with Gasteiger partial charge in [-0.3, -0.25) is 14.3 Å². The third-order valence-corrected chi connectivity index (χ3v) is 5.35. The second kappa shape index (κ2) is 6.37. The van der Waals surface area contributed by atoms with E-state index in [1.807, 2.05) is 18.2 Å². The maximum Gasteiger partial charge on any atom is 0.421 e. The Kier molecular flexibility index (Phi) is 4.22. The lowest BCUT2D eigenvalue weighted by Crippen LogP contribution is -2.46. The van der Waals surface area contributed by atoms with Gasteiger partial charge in [0.15, 0.2) is 5.58 Å². The summed E-state index contributed by atoms with van der Waals surface area (Å²) in [6.45, 7) is 2.26. The van der Waals surface area contributed by atoms with Crippen LogP contribution in [0.3, 0.4) is 0 Å². The monoisotopic (exact) mass is 393 g/mol. The molecule has 6 nitrogen and oxygen atoms in total. The smallest absolute Gasteiger partial charge is 0.408 e. The zero-order chi connectivity index (χ0) is 16.7. The molecule has 2 aromatic rings. The summed E-state index contributed by atoms with van der Waals surface area (Å²) in [7, 11) is 0. The standard InChI is InChI=1S/C17H20BrN3O3/c18-12-3-4-14-15(9-12)24-17(23)21(14)10-20-7-5-13(6-8-20)19-16(22)11-1-2-11/h3-4,9,11,13H,1-2,5-8,10H2,(H,19,22). The minimum atomic E-state index is -0.327. The fraction of sp³-hybridized carbons (Fsp3) is 0.529. The van der Waals surface area contributed by atoms with E-state index < -0.39 is 0 Å². The van der Waals surface area contributed by atoms with Crippen molar-refractivity contribution in [3.8, 4) is 0 Å². The Morgan fingerprint density at radius 3 is 2.71 bits per heavy atom. The quantitative estimate of drug-likeness (QED) is 0.865. The first-order valence-electron chi connectivity index (χ1n) is 8.42. The Bertz CT molecular complexity index is 816. The zero-order valence-electron chi connectivity index (χ0n) is 13.3. The van der Waals surface area contributed by atoms with Crippen LogP contribution in [0, 0.1) is 5.92 Å². The zero-order valence-corrected chi connectivity index (χ0v) is 14.9. The van der Waals surface area contributed by atoms with Crippen molar-refractivity contribution in [2.45, 2.75) is 38.4 Å². The van der Waals surface area contributed by atoms with Crippen molar-refractivity contribution >= 4 is 32.9 Å². The number of benzene rings is 1. The molecular formula is C17H20BrN3O3. The Labute approximate surface area is 147 Å². The van der Waals surface area contributed by atoms with Crippen molar-refractivity contribution < 1.29 is 9.21 Å². The highest BCUT2D eigenvalue weighted by Gasteiger charge is 2.31. The molecule has 1 aromatic carbocycles. The fourth-order valence-electron chi connectivity index (χ4n) is 3.26. The number of hydrogen-bond acceptors (Lipinski definition) is 4. The molecule has 0 unspecified atom stereocenters. The summed E-state index contributed by atoms with van der Waals surface area (Å²) < 4.78 is 7.89. The molecule has 1 saturated heterocycles. The summed E-state index contributed by atoms with van der Waals surface area (Å²) in [5, 5.41) is 3.15. The SMILES string of the molecule is O=C(NC1CCN(Cn2c(=O)oc3cc(Br)ccc32)CC1)C1CC1. The van der Waals surface area contributed by atoms with E-state index in [-0.39, 0.29) is 23.6 Å². The predicted octanol–water partition coefficient (Wildman–Crippen LogP) is 2.31. The number of amides is 1. The minimum Gasteiger partial charge on any atom is -0.408 e. The summed E-state index contributed by atoms with van der Waals surface area (Å²) in [6.07, 6.45) is 3.93. The van der Waals surface area contributed by atoms with Gasteiger partial charge in [-0.1, -0.05) is 15.9 Å². The van der Waals surface area contributed by atoms with Gasteiger partial charge in [-0.2, -0.15) is 0 Å². The lowest BCUT2D eigenvalue weighted by molar-refractivity contribution is -0.123. The van der Waals surface area contributed by atoms with Gasteiger partial charge >= 0.3 is 5.76 Å². The van der Waals surface area contributed by atoms with E-state index in [1.165, 1.54) is 0 Å². The number of aromatic nitrogens is 1. The van der Waals surface area contributed by atoms with Gasteiger partial charge in [-0.15, -0.1) is 0 Å².